The normalized spacial score (nSPS) is 15.3. The number of aromatic nitrogens is 4. The van der Waals surface area contributed by atoms with Gasteiger partial charge in [0.25, 0.3) is 0 Å². The van der Waals surface area contributed by atoms with Crippen molar-refractivity contribution in [2.45, 2.75) is 52.6 Å². The maximum atomic E-state index is 5.62. The zero-order valence-electron chi connectivity index (χ0n) is 20.6. The van der Waals surface area contributed by atoms with E-state index in [9.17, 15) is 0 Å². The van der Waals surface area contributed by atoms with Crippen molar-refractivity contribution in [2.75, 3.05) is 50.6 Å². The molecule has 2 aromatic heterocycles. The van der Waals surface area contributed by atoms with Crippen LogP contribution in [0.1, 0.15) is 37.9 Å². The summed E-state index contributed by atoms with van der Waals surface area (Å²) in [5.41, 5.74) is 5.07. The third-order valence-electron chi connectivity index (χ3n) is 6.46. The summed E-state index contributed by atoms with van der Waals surface area (Å²) < 4.78 is 7.62. The number of likely N-dealkylation sites (tertiary alicyclic amines) is 1. The Morgan fingerprint density at radius 1 is 1.18 bits per heavy atom. The molecule has 3 heterocycles. The number of ether oxygens (including phenoxy) is 1. The molecule has 33 heavy (non-hydrogen) atoms. The van der Waals surface area contributed by atoms with Crippen molar-refractivity contribution < 1.29 is 4.74 Å². The lowest BCUT2D eigenvalue weighted by Gasteiger charge is -2.35. The molecular weight excluding hydrogens is 414 g/mol. The minimum Gasteiger partial charge on any atom is -0.380 e. The van der Waals surface area contributed by atoms with Crippen LogP contribution in [0.2, 0.25) is 0 Å². The van der Waals surface area contributed by atoms with E-state index < -0.39 is 0 Å². The average molecular weight is 452 g/mol. The summed E-state index contributed by atoms with van der Waals surface area (Å²) in [5, 5.41) is 8.46. The predicted molar refractivity (Wildman–Crippen MR) is 135 cm³/mol. The van der Waals surface area contributed by atoms with E-state index >= 15 is 0 Å². The van der Waals surface area contributed by atoms with Crippen molar-refractivity contribution >= 4 is 28.5 Å². The first-order valence-corrected chi connectivity index (χ1v) is 12.1. The van der Waals surface area contributed by atoms with E-state index in [1.165, 1.54) is 5.56 Å². The number of fused-ring (bicyclic) bond motifs is 1. The van der Waals surface area contributed by atoms with E-state index in [4.69, 9.17) is 19.8 Å². The molecule has 0 saturated carbocycles. The van der Waals surface area contributed by atoms with Gasteiger partial charge in [0.1, 0.15) is 11.0 Å². The Balaban J connectivity index is 1.78. The van der Waals surface area contributed by atoms with Crippen molar-refractivity contribution in [1.29, 1.82) is 0 Å². The van der Waals surface area contributed by atoms with Gasteiger partial charge in [-0.25, -0.2) is 4.98 Å². The lowest BCUT2D eigenvalue weighted by atomic mass is 10.0. The van der Waals surface area contributed by atoms with Crippen LogP contribution in [0.3, 0.4) is 0 Å². The number of anilines is 3. The minimum atomic E-state index is 0.434. The van der Waals surface area contributed by atoms with Gasteiger partial charge >= 0.3 is 0 Å². The van der Waals surface area contributed by atoms with Gasteiger partial charge in [0.15, 0.2) is 5.82 Å². The molecule has 4 rings (SSSR count). The fraction of sp³-hybridized carbons (Fsp3) is 0.560. The fourth-order valence-electron chi connectivity index (χ4n) is 4.48. The highest BCUT2D eigenvalue weighted by atomic mass is 16.5. The molecule has 0 atom stereocenters. The summed E-state index contributed by atoms with van der Waals surface area (Å²) in [5.74, 6) is 1.55. The summed E-state index contributed by atoms with van der Waals surface area (Å²) in [7, 11) is 4.31. The molecule has 3 aromatic rings. The molecule has 178 valence electrons. The van der Waals surface area contributed by atoms with Gasteiger partial charge in [0.2, 0.25) is 5.95 Å². The second-order valence-corrected chi connectivity index (χ2v) is 8.93. The van der Waals surface area contributed by atoms with Gasteiger partial charge in [0.05, 0.1) is 18.8 Å². The molecule has 0 aliphatic carbocycles. The minimum absolute atomic E-state index is 0.434. The van der Waals surface area contributed by atoms with Crippen LogP contribution < -0.4 is 10.2 Å². The van der Waals surface area contributed by atoms with Crippen LogP contribution in [-0.2, 0) is 17.7 Å². The SMILES string of the molecule is CCOCCn1nc(CC)c2nc(N(C)C3CCN(C)CC3)nc(Nc3cccc(C)c3)c21. The van der Waals surface area contributed by atoms with Gasteiger partial charge in [-0.2, -0.15) is 10.1 Å². The highest BCUT2D eigenvalue weighted by molar-refractivity contribution is 5.90. The van der Waals surface area contributed by atoms with Gasteiger partial charge in [-0.3, -0.25) is 4.68 Å². The van der Waals surface area contributed by atoms with Gasteiger partial charge in [-0.05, 0) is 70.9 Å². The van der Waals surface area contributed by atoms with E-state index in [-0.39, 0.29) is 0 Å². The number of aryl methyl sites for hydroxylation is 2. The first kappa shape index (κ1) is 23.4. The highest BCUT2D eigenvalue weighted by Crippen LogP contribution is 2.30. The lowest BCUT2D eigenvalue weighted by Crippen LogP contribution is -2.42. The summed E-state index contributed by atoms with van der Waals surface area (Å²) in [6.45, 7) is 10.4. The smallest absolute Gasteiger partial charge is 0.228 e. The Kier molecular flexibility index (Phi) is 7.45. The first-order chi connectivity index (χ1) is 16.0. The number of nitrogens with one attached hydrogen (secondary N) is 1. The molecule has 8 nitrogen and oxygen atoms in total. The number of hydrogen-bond donors (Lipinski definition) is 1. The summed E-state index contributed by atoms with van der Waals surface area (Å²) >= 11 is 0. The van der Waals surface area contributed by atoms with E-state index in [1.54, 1.807) is 0 Å². The first-order valence-electron chi connectivity index (χ1n) is 12.1. The zero-order chi connectivity index (χ0) is 23.4. The van der Waals surface area contributed by atoms with E-state index in [0.29, 0.717) is 25.8 Å². The summed E-state index contributed by atoms with van der Waals surface area (Å²) in [4.78, 5) is 14.7. The maximum Gasteiger partial charge on any atom is 0.228 e. The van der Waals surface area contributed by atoms with Gasteiger partial charge in [-0.15, -0.1) is 0 Å². The van der Waals surface area contributed by atoms with Crippen LogP contribution >= 0.6 is 0 Å². The number of hydrogen-bond acceptors (Lipinski definition) is 7. The Hall–Kier alpha value is -2.71. The maximum absolute atomic E-state index is 5.62. The van der Waals surface area contributed by atoms with Crippen LogP contribution in [0.25, 0.3) is 11.0 Å². The van der Waals surface area contributed by atoms with Crippen molar-refractivity contribution in [3.05, 3.63) is 35.5 Å². The van der Waals surface area contributed by atoms with Crippen LogP contribution in [0.15, 0.2) is 24.3 Å². The van der Waals surface area contributed by atoms with Crippen LogP contribution in [0.5, 0.6) is 0 Å². The molecule has 0 bridgehead atoms. The topological polar surface area (TPSA) is 71.3 Å². The Bertz CT molecular complexity index is 1070. The molecule has 1 fully saturated rings. The predicted octanol–water partition coefficient (Wildman–Crippen LogP) is 4.01. The van der Waals surface area contributed by atoms with Crippen molar-refractivity contribution in [3.63, 3.8) is 0 Å². The van der Waals surface area contributed by atoms with Gasteiger partial charge < -0.3 is 19.9 Å². The third-order valence-corrected chi connectivity index (χ3v) is 6.46. The monoisotopic (exact) mass is 451 g/mol. The number of rotatable bonds is 9. The molecule has 0 unspecified atom stereocenters. The van der Waals surface area contributed by atoms with E-state index in [1.807, 2.05) is 11.6 Å². The molecule has 1 N–H and O–H groups in total. The second-order valence-electron chi connectivity index (χ2n) is 8.93. The molecule has 8 heteroatoms. The van der Waals surface area contributed by atoms with Crippen LogP contribution in [-0.4, -0.2) is 71.1 Å². The lowest BCUT2D eigenvalue weighted by molar-refractivity contribution is 0.137. The Morgan fingerprint density at radius 3 is 2.67 bits per heavy atom. The Morgan fingerprint density at radius 2 is 1.97 bits per heavy atom. The fourth-order valence-corrected chi connectivity index (χ4v) is 4.48. The van der Waals surface area contributed by atoms with Gasteiger partial charge in [0, 0.05) is 25.4 Å². The van der Waals surface area contributed by atoms with Crippen LogP contribution in [0, 0.1) is 6.92 Å². The summed E-state index contributed by atoms with van der Waals surface area (Å²) in [6, 6.07) is 8.80. The number of nitrogens with zero attached hydrogens (tertiary/aromatic N) is 6. The molecule has 0 amide bonds. The molecule has 1 aromatic carbocycles. The number of piperidine rings is 1. The zero-order valence-corrected chi connectivity index (χ0v) is 20.6. The van der Waals surface area contributed by atoms with Crippen LogP contribution in [0.4, 0.5) is 17.5 Å². The molecule has 1 aliphatic heterocycles. The van der Waals surface area contributed by atoms with E-state index in [0.717, 1.165) is 66.5 Å². The number of benzene rings is 1. The van der Waals surface area contributed by atoms with Gasteiger partial charge in [-0.1, -0.05) is 19.1 Å². The highest BCUT2D eigenvalue weighted by Gasteiger charge is 2.25. The second kappa shape index (κ2) is 10.5. The largest absolute Gasteiger partial charge is 0.380 e. The molecular formula is C25H37N7O. The molecule has 1 aliphatic rings. The third kappa shape index (κ3) is 5.28. The quantitative estimate of drug-likeness (QED) is 0.493. The van der Waals surface area contributed by atoms with Crippen molar-refractivity contribution in [3.8, 4) is 0 Å². The molecule has 0 radical (unpaired) electrons. The standard InChI is InChI=1S/C25H37N7O/c1-6-21-22-23(32(29-21)15-16-33-7-2)24(26-19-10-8-9-18(3)17-19)28-25(27-22)31(5)20-11-13-30(4)14-12-20/h8-10,17,20H,6-7,11-16H2,1-5H3,(H,26,27,28). The van der Waals surface area contributed by atoms with E-state index in [2.05, 4.69) is 67.3 Å². The molecule has 0 spiro atoms. The summed E-state index contributed by atoms with van der Waals surface area (Å²) in [6.07, 6.45) is 3.04. The molecule has 1 saturated heterocycles. The van der Waals surface area contributed by atoms with Crippen molar-refractivity contribution in [2.24, 2.45) is 0 Å². The Labute approximate surface area is 197 Å². The van der Waals surface area contributed by atoms with Crippen molar-refractivity contribution in [1.82, 2.24) is 24.6 Å². The average Bonchev–Trinajstić information content (AvgIpc) is 3.17.